The lowest BCUT2D eigenvalue weighted by Crippen LogP contribution is -2.49. The molecule has 0 amide bonds. The zero-order valence-electron chi connectivity index (χ0n) is 73.5. The van der Waals surface area contributed by atoms with Crippen molar-refractivity contribution in [3.8, 4) is 23.0 Å². The van der Waals surface area contributed by atoms with E-state index in [9.17, 15) is 82.3 Å². The number of ether oxygens (including phenoxy) is 4. The molecule has 0 spiro atoms. The van der Waals surface area contributed by atoms with E-state index in [1.54, 1.807) is 31.3 Å². The molecule has 38 heteroatoms. The van der Waals surface area contributed by atoms with Gasteiger partial charge in [-0.15, -0.1) is 0 Å². The summed E-state index contributed by atoms with van der Waals surface area (Å²) in [6.45, 7) is 19.3. The van der Waals surface area contributed by atoms with Crippen LogP contribution in [0.3, 0.4) is 0 Å². The van der Waals surface area contributed by atoms with Gasteiger partial charge in [0, 0.05) is 157 Å². The van der Waals surface area contributed by atoms with Crippen LogP contribution in [-0.2, 0) is 5.54 Å². The van der Waals surface area contributed by atoms with E-state index in [-0.39, 0.29) is 127 Å². The fourth-order valence-electron chi connectivity index (χ4n) is 19.6. The predicted octanol–water partition coefficient (Wildman–Crippen LogP) is 9.92. The van der Waals surface area contributed by atoms with Gasteiger partial charge in [-0.3, -0.25) is 24.0 Å². The Morgan fingerprint density at radius 1 is 0.458 bits per heavy atom. The summed E-state index contributed by atoms with van der Waals surface area (Å²) < 4.78 is 107. The van der Waals surface area contributed by atoms with E-state index in [4.69, 9.17) is 24.7 Å². The fourth-order valence-corrected chi connectivity index (χ4v) is 19.6. The molecule has 4 aliphatic carbocycles. The molecule has 694 valence electrons. The number of rotatable bonds is 15. The molecule has 5 saturated heterocycles. The molecule has 33 nitrogen and oxygen atoms in total. The largest absolute Gasteiger partial charge is 0.492 e. The van der Waals surface area contributed by atoms with Crippen LogP contribution in [0.4, 0.5) is 44.7 Å². The maximum absolute atomic E-state index is 15.3. The third-order valence-electron chi connectivity index (χ3n) is 27.0. The average molecular weight is 1820 g/mol. The minimum absolute atomic E-state index is 0.0111. The van der Waals surface area contributed by atoms with E-state index in [1.165, 1.54) is 51.3 Å². The number of carboxylic acids is 5. The number of hydrogen-bond donors (Lipinski definition) is 9. The number of aromatic nitrogens is 5. The summed E-state index contributed by atoms with van der Waals surface area (Å²) in [5.74, 6) is -7.59. The summed E-state index contributed by atoms with van der Waals surface area (Å²) in [6.07, 6.45) is 15.8. The van der Waals surface area contributed by atoms with Crippen LogP contribution in [0.5, 0.6) is 23.0 Å². The van der Waals surface area contributed by atoms with Gasteiger partial charge in [-0.1, -0.05) is 0 Å². The summed E-state index contributed by atoms with van der Waals surface area (Å²) in [6, 6.07) is 7.13. The highest BCUT2D eigenvalue weighted by Gasteiger charge is 2.47. The number of nitrogens with two attached hydrogens (primary N) is 1. The molecular weight excluding hydrogens is 1710 g/mol. The summed E-state index contributed by atoms with van der Waals surface area (Å²) in [7, 11) is 4.95. The topological polar surface area (TPSA) is 412 Å². The second-order valence-electron chi connectivity index (χ2n) is 36.2. The first kappa shape index (κ1) is 90.3. The van der Waals surface area contributed by atoms with Gasteiger partial charge >= 0.3 is 29.8 Å². The molecule has 10 aromatic rings. The van der Waals surface area contributed by atoms with E-state index < -0.39 is 91.6 Å². The van der Waals surface area contributed by atoms with Crippen molar-refractivity contribution in [3.05, 3.63) is 180 Å². The number of piperazine rings is 3. The van der Waals surface area contributed by atoms with Crippen LogP contribution < -0.4 is 87.4 Å². The zero-order valence-corrected chi connectivity index (χ0v) is 73.5. The number of nitrogens with one attached hydrogen (secondary N) is 3. The van der Waals surface area contributed by atoms with Gasteiger partial charge in [0.15, 0.2) is 40.4 Å². The normalized spacial score (nSPS) is 21.3. The van der Waals surface area contributed by atoms with Crippen molar-refractivity contribution in [3.63, 3.8) is 0 Å². The molecule has 0 radical (unpaired) electrons. The fraction of sp³-hybridized carbons (Fsp3) is 0.462. The van der Waals surface area contributed by atoms with Gasteiger partial charge in [-0.05, 0) is 149 Å². The van der Waals surface area contributed by atoms with Gasteiger partial charge < -0.3 is 113 Å². The number of benzene rings is 5. The van der Waals surface area contributed by atoms with Crippen molar-refractivity contribution in [2.75, 3.05) is 139 Å². The van der Waals surface area contributed by atoms with Crippen LogP contribution in [0.2, 0.25) is 0 Å². The third-order valence-corrected chi connectivity index (χ3v) is 27.0. The number of likely N-dealkylation sites (N-methyl/N-ethyl adjacent to an activating group) is 1. The molecule has 5 aromatic carbocycles. The molecule has 10 N–H and O–H groups in total. The number of nitrogens with zero attached hydrogens (tertiary/aromatic N) is 10. The summed E-state index contributed by atoms with van der Waals surface area (Å²) >= 11 is 0. The number of aromatic carboxylic acids is 5. The highest BCUT2D eigenvalue weighted by Crippen LogP contribution is 2.53. The first-order valence-electron chi connectivity index (χ1n) is 44.2. The van der Waals surface area contributed by atoms with Gasteiger partial charge in [0.25, 0.3) is 0 Å². The Morgan fingerprint density at radius 3 is 1.33 bits per heavy atom. The lowest BCUT2D eigenvalue weighted by molar-refractivity contribution is 0.0683. The SMILES string of the molecule is COc1c(N2CCNC(C)C2)c(F)cc2c(=O)c(C(=O)O)cn(C3CC3)c12.COc1c(N2C[C@@H]3CCCN[C@@H]3C2)c(F)cc2c(=O)c(C(=O)O)cn(C3CC3)c12.C[C@H]1COc2c(C3(N)CC3)c(F)cc3c(=O)c(C(=O)O)cn1c23.C[C@H]1COc2c(N3CCN(C)CC3)c(F)cc3c(=O)c(C(=O)O)cn1c23.Cc1c(F)c(N2CCNC(C)C2)cc2c1c(=O)c(C(=O)O)cn2C1CC1. The smallest absolute Gasteiger partial charge is 0.341 e. The maximum atomic E-state index is 15.3. The highest BCUT2D eigenvalue weighted by atomic mass is 19.1. The average Bonchev–Trinajstić information content (AvgIpc) is 1.43. The quantitative estimate of drug-likeness (QED) is 0.0431. The Labute approximate surface area is 744 Å². The molecule has 6 atom stereocenters. The molecule has 9 fully saturated rings. The summed E-state index contributed by atoms with van der Waals surface area (Å²) in [5.41, 5.74) is 4.83. The maximum Gasteiger partial charge on any atom is 0.341 e. The molecule has 4 saturated carbocycles. The lowest BCUT2D eigenvalue weighted by Gasteiger charge is -2.37. The van der Waals surface area contributed by atoms with Crippen LogP contribution >= 0.6 is 0 Å². The first-order chi connectivity index (χ1) is 62.5. The number of fused-ring (bicyclic) bond motifs is 4. The Kier molecular flexibility index (Phi) is 24.3. The van der Waals surface area contributed by atoms with Crippen LogP contribution in [0.25, 0.3) is 54.5 Å². The standard InChI is InChI=1S/C21H24FN3O4.C19H22FN3O4.C19H22FN3O3.C18H20FN3O4.C16H15FN2O4/c1-29-20-17-13(19(26)14(21(27)28)9-25(17)12-4-5-12)7-15(22)18(20)24-8-11-3-2-6-23-16(11)10-24;1-10-8-22(6-5-21-10)16-14(20)7-12-15(18(16)27-2)23(11-3-4-11)9-13(17(12)24)19(25)26;1-10-8-22(6-5-21-10)15-7-14-16(11(2)17(15)20)18(24)13(19(25)26)9-23(14)12-3-4-12;1-10-9-26-17-14-11(16(23)12(18(24)25)8-22(10)14)7-13(19)15(17)21-5-3-20(2)4-6-21;1-7-6-23-14-11(16(18)2-3-16)10(17)4-8-12(14)19(7)5-9(13(8)20)15(21)22/h7,9,11-12,16,23H,2-6,8,10H2,1H3,(H,27,28);7,9-11,21H,3-6,8H2,1-2H3,(H,25,26);7,9-10,12,21H,3-6,8H2,1-2H3,(H,25,26);7-8,10H,3-6,9H2,1-2H3,(H,24,25);4-5,7H,2-3,6,18H2,1H3,(H,21,22)/t11-,16+;;;10-;7-/m0..00/s1. The van der Waals surface area contributed by atoms with Gasteiger partial charge in [0.05, 0.1) is 92.1 Å². The van der Waals surface area contributed by atoms with Crippen molar-refractivity contribution in [2.45, 2.75) is 153 Å². The van der Waals surface area contributed by atoms with Crippen molar-refractivity contribution in [2.24, 2.45) is 11.7 Å². The number of hydrogen-bond acceptors (Lipinski definition) is 23. The number of piperidine rings is 1. The number of methoxy groups -OCH3 is 2. The van der Waals surface area contributed by atoms with Crippen molar-refractivity contribution in [1.82, 2.24) is 43.7 Å². The number of halogens is 5. The minimum Gasteiger partial charge on any atom is -0.492 e. The monoisotopic (exact) mass is 1810 g/mol. The molecule has 0 bridgehead atoms. The third kappa shape index (κ3) is 16.6. The van der Waals surface area contributed by atoms with Crippen LogP contribution in [0.15, 0.2) is 85.3 Å². The molecule has 11 aliphatic rings. The Morgan fingerprint density at radius 2 is 0.870 bits per heavy atom. The molecule has 131 heavy (non-hydrogen) atoms. The van der Waals surface area contributed by atoms with Gasteiger partial charge in [0.2, 0.25) is 27.1 Å². The second kappa shape index (κ2) is 35.2. The number of carboxylic acid groups (broad SMARTS) is 5. The number of pyridine rings is 5. The molecule has 2 unspecified atom stereocenters. The number of carbonyl (C=O) groups is 5. The molecule has 21 rings (SSSR count). The molecule has 7 aliphatic heterocycles. The summed E-state index contributed by atoms with van der Waals surface area (Å²) in [5, 5.41) is 57.3. The van der Waals surface area contributed by atoms with Crippen LogP contribution in [0, 0.1) is 41.9 Å². The van der Waals surface area contributed by atoms with Gasteiger partial charge in [0.1, 0.15) is 69.7 Å². The molecule has 5 aromatic heterocycles. The van der Waals surface area contributed by atoms with E-state index in [0.717, 1.165) is 109 Å². The predicted molar refractivity (Wildman–Crippen MR) is 480 cm³/mol. The van der Waals surface area contributed by atoms with Crippen molar-refractivity contribution in [1.29, 1.82) is 0 Å². The minimum atomic E-state index is -1.33. The molecular formula is C93H103F5N14O19. The van der Waals surface area contributed by atoms with E-state index in [1.807, 2.05) is 52.0 Å². The zero-order chi connectivity index (χ0) is 93.3. The Balaban J connectivity index is 0.000000115. The highest BCUT2D eigenvalue weighted by molar-refractivity contribution is 6.02. The van der Waals surface area contributed by atoms with Crippen molar-refractivity contribution >= 4 is 107 Å². The van der Waals surface area contributed by atoms with Gasteiger partial charge in [-0.2, -0.15) is 0 Å². The Bertz CT molecular complexity index is 6740. The number of anilines is 4. The number of aryl methyl sites for hydroxylation is 1. The van der Waals surface area contributed by atoms with Crippen LogP contribution in [0.1, 0.15) is 185 Å². The van der Waals surface area contributed by atoms with Crippen molar-refractivity contribution < 1.29 is 90.4 Å². The lowest BCUT2D eigenvalue weighted by atomic mass is 9.94. The van der Waals surface area contributed by atoms with Crippen LogP contribution in [-0.4, -0.2) is 221 Å². The van der Waals surface area contributed by atoms with E-state index in [2.05, 4.69) is 27.8 Å². The van der Waals surface area contributed by atoms with E-state index in [0.29, 0.717) is 138 Å². The van der Waals surface area contributed by atoms with Gasteiger partial charge in [-0.25, -0.2) is 45.9 Å². The molecule has 12 heterocycles. The Hall–Kier alpha value is -12.7. The second-order valence-corrected chi connectivity index (χ2v) is 36.2. The summed E-state index contributed by atoms with van der Waals surface area (Å²) in [4.78, 5) is 130. The first-order valence-corrected chi connectivity index (χ1v) is 44.2. The van der Waals surface area contributed by atoms with E-state index >= 15 is 13.2 Å².